The van der Waals surface area contributed by atoms with Gasteiger partial charge in [-0.05, 0) is 73.5 Å². The number of phenolic OH excluding ortho intramolecular Hbond substituents is 1. The number of rotatable bonds is 8. The van der Waals surface area contributed by atoms with E-state index < -0.39 is 5.60 Å². The number of hydrogen-bond donors (Lipinski definition) is 2. The molecule has 3 aromatic rings. The average molecular weight is 490 g/mol. The van der Waals surface area contributed by atoms with Gasteiger partial charge in [-0.2, -0.15) is 0 Å². The van der Waals surface area contributed by atoms with Crippen molar-refractivity contribution in [2.45, 2.75) is 37.2 Å². The molecule has 2 aliphatic rings. The lowest BCUT2D eigenvalue weighted by Crippen LogP contribution is -2.42. The maximum atomic E-state index is 12.2. The molecule has 0 aromatic heterocycles. The molecule has 1 fully saturated rings. The van der Waals surface area contributed by atoms with E-state index in [4.69, 9.17) is 14.2 Å². The zero-order valence-corrected chi connectivity index (χ0v) is 20.9. The first-order valence-corrected chi connectivity index (χ1v) is 12.8. The van der Waals surface area contributed by atoms with Crippen molar-refractivity contribution in [3.05, 3.63) is 83.4 Å². The van der Waals surface area contributed by atoms with Crippen LogP contribution in [-0.2, 0) is 12.0 Å². The van der Waals surface area contributed by atoms with Crippen LogP contribution in [0.25, 0.3) is 0 Å². The molecular formula is C30H35NO5. The molecule has 1 saturated heterocycles. The van der Waals surface area contributed by atoms with Crippen molar-refractivity contribution in [3.8, 4) is 23.0 Å². The standard InChI is InChI=1S/C30H35NO5/c1-34-25-12-7-23(8-13-25)28-21-36-29-19-24(32)9-14-27(29)30(28,33)20-22-5-10-26(11-6-22)35-18-17-31-15-3-2-4-16-31/h5-14,19,28,32-33H,2-4,15-18,20-21H2,1H3. The van der Waals surface area contributed by atoms with Gasteiger partial charge in [-0.3, -0.25) is 4.90 Å². The minimum atomic E-state index is -1.22. The fourth-order valence-corrected chi connectivity index (χ4v) is 5.40. The van der Waals surface area contributed by atoms with Crippen molar-refractivity contribution in [2.24, 2.45) is 0 Å². The van der Waals surface area contributed by atoms with Crippen LogP contribution >= 0.6 is 0 Å². The monoisotopic (exact) mass is 489 g/mol. The quantitative estimate of drug-likeness (QED) is 0.470. The Morgan fingerprint density at radius 2 is 1.67 bits per heavy atom. The van der Waals surface area contributed by atoms with Crippen LogP contribution in [0.15, 0.2) is 66.7 Å². The number of piperidine rings is 1. The third-order valence-corrected chi connectivity index (χ3v) is 7.45. The molecule has 190 valence electrons. The maximum absolute atomic E-state index is 12.2. The highest BCUT2D eigenvalue weighted by Crippen LogP contribution is 2.48. The summed E-state index contributed by atoms with van der Waals surface area (Å²) in [4.78, 5) is 2.47. The summed E-state index contributed by atoms with van der Waals surface area (Å²) in [7, 11) is 1.64. The molecule has 0 radical (unpaired) electrons. The summed E-state index contributed by atoms with van der Waals surface area (Å²) >= 11 is 0. The van der Waals surface area contributed by atoms with Crippen LogP contribution in [0.1, 0.15) is 41.9 Å². The molecular weight excluding hydrogens is 454 g/mol. The van der Waals surface area contributed by atoms with Gasteiger partial charge in [-0.1, -0.05) is 30.7 Å². The summed E-state index contributed by atoms with van der Waals surface area (Å²) in [6.07, 6.45) is 4.30. The van der Waals surface area contributed by atoms with Gasteiger partial charge in [0.1, 0.15) is 35.2 Å². The number of phenols is 1. The first kappa shape index (κ1) is 24.5. The number of hydrogen-bond acceptors (Lipinski definition) is 6. The molecule has 0 amide bonds. The van der Waals surface area contributed by atoms with Crippen molar-refractivity contribution in [1.29, 1.82) is 0 Å². The molecule has 0 spiro atoms. The Balaban J connectivity index is 1.34. The number of aliphatic hydroxyl groups is 1. The number of nitrogens with zero attached hydrogens (tertiary/aromatic N) is 1. The molecule has 2 aliphatic heterocycles. The number of ether oxygens (including phenoxy) is 3. The normalized spacial score (nSPS) is 21.9. The zero-order chi connectivity index (χ0) is 25.0. The van der Waals surface area contributed by atoms with Gasteiger partial charge in [-0.15, -0.1) is 0 Å². The number of benzene rings is 3. The minimum absolute atomic E-state index is 0.116. The Hall–Kier alpha value is -3.22. The van der Waals surface area contributed by atoms with E-state index in [0.717, 1.165) is 29.2 Å². The Morgan fingerprint density at radius 1 is 0.944 bits per heavy atom. The molecule has 6 heteroatoms. The van der Waals surface area contributed by atoms with Gasteiger partial charge < -0.3 is 24.4 Å². The molecule has 0 bridgehead atoms. The number of likely N-dealkylation sites (tertiary alicyclic amines) is 1. The molecule has 0 aliphatic carbocycles. The maximum Gasteiger partial charge on any atom is 0.129 e. The van der Waals surface area contributed by atoms with E-state index in [1.54, 1.807) is 25.3 Å². The highest BCUT2D eigenvalue weighted by Gasteiger charge is 2.45. The highest BCUT2D eigenvalue weighted by atomic mass is 16.5. The Bertz CT molecular complexity index is 1140. The van der Waals surface area contributed by atoms with Gasteiger partial charge in [-0.25, -0.2) is 0 Å². The fraction of sp³-hybridized carbons (Fsp3) is 0.400. The van der Waals surface area contributed by atoms with Crippen molar-refractivity contribution >= 4 is 0 Å². The first-order chi connectivity index (χ1) is 17.5. The molecule has 5 rings (SSSR count). The fourth-order valence-electron chi connectivity index (χ4n) is 5.40. The number of aromatic hydroxyl groups is 1. The van der Waals surface area contributed by atoms with Crippen LogP contribution in [0.5, 0.6) is 23.0 Å². The van der Waals surface area contributed by atoms with Gasteiger partial charge >= 0.3 is 0 Å². The second-order valence-corrected chi connectivity index (χ2v) is 9.81. The van der Waals surface area contributed by atoms with E-state index in [0.29, 0.717) is 30.9 Å². The molecule has 3 aromatic carbocycles. The molecule has 0 saturated carbocycles. The Kier molecular flexibility index (Phi) is 7.35. The van der Waals surface area contributed by atoms with E-state index in [1.807, 2.05) is 48.5 Å². The van der Waals surface area contributed by atoms with Crippen LogP contribution in [-0.4, -0.2) is 55.1 Å². The lowest BCUT2D eigenvalue weighted by Gasteiger charge is -2.42. The topological polar surface area (TPSA) is 71.4 Å². The van der Waals surface area contributed by atoms with E-state index in [1.165, 1.54) is 32.4 Å². The summed E-state index contributed by atoms with van der Waals surface area (Å²) in [6, 6.07) is 20.7. The van der Waals surface area contributed by atoms with Gasteiger partial charge in [0.05, 0.1) is 19.6 Å². The summed E-state index contributed by atoms with van der Waals surface area (Å²) in [5.74, 6) is 1.94. The van der Waals surface area contributed by atoms with Gasteiger partial charge in [0.25, 0.3) is 0 Å². The zero-order valence-electron chi connectivity index (χ0n) is 20.9. The third kappa shape index (κ3) is 5.30. The summed E-state index contributed by atoms with van der Waals surface area (Å²) < 4.78 is 17.3. The van der Waals surface area contributed by atoms with Crippen molar-refractivity contribution in [1.82, 2.24) is 4.90 Å². The van der Waals surface area contributed by atoms with Crippen LogP contribution < -0.4 is 14.2 Å². The van der Waals surface area contributed by atoms with Gasteiger partial charge in [0.2, 0.25) is 0 Å². The smallest absolute Gasteiger partial charge is 0.129 e. The summed E-state index contributed by atoms with van der Waals surface area (Å²) in [5, 5.41) is 22.2. The molecule has 2 unspecified atom stereocenters. The first-order valence-electron chi connectivity index (χ1n) is 12.8. The molecule has 2 N–H and O–H groups in total. The molecule has 6 nitrogen and oxygen atoms in total. The SMILES string of the molecule is COc1ccc(C2COc3cc(O)ccc3C2(O)Cc2ccc(OCCN3CCCCC3)cc2)cc1. The van der Waals surface area contributed by atoms with Crippen LogP contribution in [0, 0.1) is 0 Å². The van der Waals surface area contributed by atoms with Gasteiger partial charge in [0.15, 0.2) is 0 Å². The average Bonchev–Trinajstić information content (AvgIpc) is 2.90. The van der Waals surface area contributed by atoms with Crippen LogP contribution in [0.2, 0.25) is 0 Å². The van der Waals surface area contributed by atoms with E-state index in [-0.39, 0.29) is 11.7 Å². The lowest BCUT2D eigenvalue weighted by atomic mass is 9.72. The predicted octanol–water partition coefficient (Wildman–Crippen LogP) is 4.87. The highest BCUT2D eigenvalue weighted by molar-refractivity contribution is 5.49. The van der Waals surface area contributed by atoms with Crippen molar-refractivity contribution < 1.29 is 24.4 Å². The van der Waals surface area contributed by atoms with Crippen LogP contribution in [0.3, 0.4) is 0 Å². The second kappa shape index (κ2) is 10.8. The summed E-state index contributed by atoms with van der Waals surface area (Å²) in [5.41, 5.74) is 1.43. The third-order valence-electron chi connectivity index (χ3n) is 7.45. The van der Waals surface area contributed by atoms with E-state index in [9.17, 15) is 10.2 Å². The van der Waals surface area contributed by atoms with Crippen LogP contribution in [0.4, 0.5) is 0 Å². The number of fused-ring (bicyclic) bond motifs is 1. The minimum Gasteiger partial charge on any atom is -0.508 e. The molecule has 2 heterocycles. The largest absolute Gasteiger partial charge is 0.508 e. The number of methoxy groups -OCH3 is 1. The molecule has 2 atom stereocenters. The Labute approximate surface area is 213 Å². The van der Waals surface area contributed by atoms with Crippen molar-refractivity contribution in [2.75, 3.05) is 40.0 Å². The second-order valence-electron chi connectivity index (χ2n) is 9.81. The lowest BCUT2D eigenvalue weighted by molar-refractivity contribution is -0.0256. The van der Waals surface area contributed by atoms with Crippen molar-refractivity contribution in [3.63, 3.8) is 0 Å². The molecule has 36 heavy (non-hydrogen) atoms. The predicted molar refractivity (Wildman–Crippen MR) is 139 cm³/mol. The van der Waals surface area contributed by atoms with E-state index >= 15 is 0 Å². The Morgan fingerprint density at radius 3 is 2.39 bits per heavy atom. The van der Waals surface area contributed by atoms with Gasteiger partial charge in [0, 0.05) is 24.6 Å². The summed E-state index contributed by atoms with van der Waals surface area (Å²) in [6.45, 7) is 4.26. The van der Waals surface area contributed by atoms with E-state index in [2.05, 4.69) is 4.90 Å².